The Kier molecular flexibility index (Phi) is 7.79. The zero-order valence-electron chi connectivity index (χ0n) is 26.0. The molecule has 11 heteroatoms. The van der Waals surface area contributed by atoms with Gasteiger partial charge >= 0.3 is 0 Å². The maximum atomic E-state index is 14.5. The fourth-order valence-electron chi connectivity index (χ4n) is 9.16. The second kappa shape index (κ2) is 11.7. The van der Waals surface area contributed by atoms with E-state index in [0.29, 0.717) is 35.8 Å². The molecule has 5 aliphatic rings. The van der Waals surface area contributed by atoms with Crippen molar-refractivity contribution in [3.8, 4) is 5.75 Å². The van der Waals surface area contributed by atoms with Gasteiger partial charge in [0.2, 0.25) is 11.8 Å². The highest BCUT2D eigenvalue weighted by Gasteiger charge is 2.76. The molecule has 1 N–H and O–H groups in total. The van der Waals surface area contributed by atoms with Gasteiger partial charge in [-0.3, -0.25) is 33.9 Å². The Balaban J connectivity index is 1.16. The van der Waals surface area contributed by atoms with Crippen LogP contribution in [0.1, 0.15) is 42.7 Å². The summed E-state index contributed by atoms with van der Waals surface area (Å²) in [5, 5.41) is 13.1. The average Bonchev–Trinajstić information content (AvgIpc) is 3.43. The molecule has 0 spiro atoms. The molecule has 3 saturated heterocycles. The summed E-state index contributed by atoms with van der Waals surface area (Å²) in [7, 11) is 0. The molecule has 0 bridgehead atoms. The quantitative estimate of drug-likeness (QED) is 0.151. The first-order chi connectivity index (χ1) is 23.1. The summed E-state index contributed by atoms with van der Waals surface area (Å²) in [6.07, 6.45) is 3.49. The maximum Gasteiger partial charge on any atom is 0.254 e. The van der Waals surface area contributed by atoms with Gasteiger partial charge in [-0.2, -0.15) is 0 Å². The zero-order valence-corrected chi connectivity index (χ0v) is 29.1. The van der Waals surface area contributed by atoms with Crippen molar-refractivity contribution in [1.82, 2.24) is 14.7 Å². The third-order valence-electron chi connectivity index (χ3n) is 11.5. The number of benzene rings is 3. The molecule has 4 amide bonds. The number of amides is 4. The summed E-state index contributed by atoms with van der Waals surface area (Å²) >= 11 is 18.0. The van der Waals surface area contributed by atoms with Gasteiger partial charge in [0.25, 0.3) is 11.8 Å². The molecule has 0 aromatic heterocycles. The lowest BCUT2D eigenvalue weighted by Crippen LogP contribution is -2.60. The smallest absolute Gasteiger partial charge is 0.254 e. The van der Waals surface area contributed by atoms with Crippen molar-refractivity contribution in [2.45, 2.75) is 53.9 Å². The van der Waals surface area contributed by atoms with E-state index >= 15 is 0 Å². The molecular weight excluding hydrogens is 717 g/mol. The van der Waals surface area contributed by atoms with Crippen LogP contribution >= 0.6 is 39.1 Å². The maximum absolute atomic E-state index is 14.5. The Hall–Kier alpha value is -3.24. The molecule has 0 radical (unpaired) electrons. The van der Waals surface area contributed by atoms with E-state index in [0.717, 1.165) is 29.9 Å². The van der Waals surface area contributed by atoms with E-state index < -0.39 is 45.2 Å². The molecule has 3 aromatic rings. The number of alkyl halides is 3. The summed E-state index contributed by atoms with van der Waals surface area (Å²) in [6.45, 7) is 2.34. The Morgan fingerprint density at radius 3 is 2.29 bits per heavy atom. The van der Waals surface area contributed by atoms with Crippen LogP contribution in [-0.2, 0) is 25.7 Å². The predicted octanol–water partition coefficient (Wildman–Crippen LogP) is 5.92. The number of hydrogen-bond donors (Lipinski definition) is 1. The lowest BCUT2D eigenvalue weighted by atomic mass is 9.56. The van der Waals surface area contributed by atoms with Crippen molar-refractivity contribution in [2.75, 3.05) is 18.5 Å². The predicted molar refractivity (Wildman–Crippen MR) is 186 cm³/mol. The van der Waals surface area contributed by atoms with Gasteiger partial charge in [-0.05, 0) is 42.6 Å². The van der Waals surface area contributed by atoms with Crippen LogP contribution in [0, 0.1) is 17.8 Å². The number of aromatic hydroxyl groups is 1. The molecule has 8 nitrogen and oxygen atoms in total. The van der Waals surface area contributed by atoms with E-state index in [2.05, 4.69) is 33.0 Å². The number of hydrogen-bond acceptors (Lipinski definition) is 6. The van der Waals surface area contributed by atoms with E-state index in [-0.39, 0.29) is 35.5 Å². The van der Waals surface area contributed by atoms with Crippen molar-refractivity contribution < 1.29 is 24.3 Å². The number of halogens is 3. The highest BCUT2D eigenvalue weighted by Crippen LogP contribution is 2.66. The van der Waals surface area contributed by atoms with Crippen LogP contribution in [0.3, 0.4) is 0 Å². The van der Waals surface area contributed by atoms with E-state index in [1.165, 1.54) is 10.5 Å². The van der Waals surface area contributed by atoms with Crippen molar-refractivity contribution in [3.63, 3.8) is 0 Å². The summed E-state index contributed by atoms with van der Waals surface area (Å²) in [4.78, 5) is 57.6. The van der Waals surface area contributed by atoms with Crippen LogP contribution < -0.4 is 0 Å². The zero-order chi connectivity index (χ0) is 33.5. The second-order valence-corrected chi connectivity index (χ2v) is 15.5. The molecule has 48 heavy (non-hydrogen) atoms. The number of imide groups is 2. The number of likely N-dealkylation sites (tertiary alicyclic amines) is 3. The highest BCUT2D eigenvalue weighted by atomic mass is 79.9. The van der Waals surface area contributed by atoms with E-state index in [1.54, 1.807) is 12.1 Å². The summed E-state index contributed by atoms with van der Waals surface area (Å²) in [5.41, 5.74) is 2.15. The van der Waals surface area contributed by atoms with Crippen molar-refractivity contribution in [1.29, 1.82) is 0 Å². The molecule has 2 aliphatic carbocycles. The third-order valence-corrected chi connectivity index (χ3v) is 13.4. The first kappa shape index (κ1) is 32.0. The number of carbonyl (C=O) groups excluding carboxylic acids is 4. The van der Waals surface area contributed by atoms with Crippen LogP contribution in [0.15, 0.2) is 78.4 Å². The Bertz CT molecular complexity index is 1900. The van der Waals surface area contributed by atoms with Gasteiger partial charge < -0.3 is 5.11 Å². The number of piperidine rings is 1. The van der Waals surface area contributed by atoms with Crippen molar-refractivity contribution in [3.05, 3.63) is 89.5 Å². The van der Waals surface area contributed by atoms with E-state index in [9.17, 15) is 24.3 Å². The van der Waals surface area contributed by atoms with Gasteiger partial charge in [0.15, 0.2) is 9.75 Å². The number of phenols is 1. The lowest BCUT2D eigenvalue weighted by molar-refractivity contribution is -0.144. The fourth-order valence-corrected chi connectivity index (χ4v) is 10.6. The van der Waals surface area contributed by atoms with Crippen LogP contribution in [0.4, 0.5) is 0 Å². The molecule has 248 valence electrons. The average molecular weight is 752 g/mol. The molecule has 3 aromatic carbocycles. The Morgan fingerprint density at radius 2 is 1.56 bits per heavy atom. The number of carbonyl (C=O) groups is 4. The standard InChI is InChI=1S/C37H34BrCl2N3O5/c38-20-42-34(47)36(39)18-28-25(30(37(36,40)35(42)48)27-11-10-22-8-4-5-9-24(22)31(27)44)12-13-26-29(28)33(46)43(32(26)45)23-14-16-41(17-15-23)19-21-6-2-1-3-7-21/h1-12,23,26,28-30,44H,13-20H2/t26-,28+,29-,30+,36+,37-/m0/s1. The molecule has 1 saturated carbocycles. The SMILES string of the molecule is O=C1[C@H]2[C@H](CC=C3[C@H]2C[C@@]2(Cl)C(=O)N(CBr)C(=O)[C@@]2(Cl)[C@H]3c2ccc3ccccc3c2O)C(=O)N1C1CCN(Cc2ccccc2)CC1. The minimum Gasteiger partial charge on any atom is -0.507 e. The van der Waals surface area contributed by atoms with Crippen LogP contribution in [-0.4, -0.2) is 77.8 Å². The van der Waals surface area contributed by atoms with Crippen LogP contribution in [0.2, 0.25) is 0 Å². The molecular formula is C37H34BrCl2N3O5. The number of rotatable bonds is 5. The minimum absolute atomic E-state index is 0.0592. The lowest BCUT2D eigenvalue weighted by Gasteiger charge is -2.50. The molecule has 3 aliphatic heterocycles. The van der Waals surface area contributed by atoms with Gasteiger partial charge in [0.1, 0.15) is 5.75 Å². The number of phenolic OH excluding ortho intramolecular Hbond substituents is 1. The van der Waals surface area contributed by atoms with E-state index in [4.69, 9.17) is 23.2 Å². The summed E-state index contributed by atoms with van der Waals surface area (Å²) < 4.78 is 0. The second-order valence-electron chi connectivity index (χ2n) is 13.8. The Morgan fingerprint density at radius 1 is 0.854 bits per heavy atom. The van der Waals surface area contributed by atoms with Gasteiger partial charge in [-0.15, -0.1) is 23.2 Å². The highest BCUT2D eigenvalue weighted by molar-refractivity contribution is 9.09. The summed E-state index contributed by atoms with van der Waals surface area (Å²) in [5.74, 6) is -4.78. The molecule has 0 unspecified atom stereocenters. The molecule has 3 heterocycles. The first-order valence-corrected chi connectivity index (χ1v) is 18.3. The minimum atomic E-state index is -1.97. The Labute approximate surface area is 296 Å². The molecule has 8 rings (SSSR count). The largest absolute Gasteiger partial charge is 0.507 e. The van der Waals surface area contributed by atoms with Crippen molar-refractivity contribution >= 4 is 73.5 Å². The first-order valence-electron chi connectivity index (χ1n) is 16.4. The number of allylic oxidation sites excluding steroid dienone is 2. The third kappa shape index (κ3) is 4.43. The monoisotopic (exact) mass is 749 g/mol. The molecule has 4 fully saturated rings. The normalized spacial score (nSPS) is 32.4. The summed E-state index contributed by atoms with van der Waals surface area (Å²) in [6, 6.07) is 20.9. The van der Waals surface area contributed by atoms with Crippen molar-refractivity contribution in [2.24, 2.45) is 17.8 Å². The number of fused-ring (bicyclic) bond motifs is 5. The topological polar surface area (TPSA) is 98.2 Å². The van der Waals surface area contributed by atoms with Gasteiger partial charge in [0.05, 0.1) is 17.3 Å². The molecule has 6 atom stereocenters. The van der Waals surface area contributed by atoms with Gasteiger partial charge in [-0.1, -0.05) is 94.3 Å². The number of nitrogens with zero attached hydrogens (tertiary/aromatic N) is 3. The van der Waals surface area contributed by atoms with Crippen LogP contribution in [0.5, 0.6) is 5.75 Å². The van der Waals surface area contributed by atoms with Gasteiger partial charge in [-0.25, -0.2) is 0 Å². The van der Waals surface area contributed by atoms with Crippen LogP contribution in [0.25, 0.3) is 10.8 Å². The van der Waals surface area contributed by atoms with E-state index in [1.807, 2.05) is 48.5 Å². The van der Waals surface area contributed by atoms with Gasteiger partial charge in [0, 0.05) is 42.5 Å². The fraction of sp³-hybridized carbons (Fsp3) is 0.405.